The number of amides is 2. The summed E-state index contributed by atoms with van der Waals surface area (Å²) >= 11 is 5.47. The molecule has 7 nitrogen and oxygen atoms in total. The van der Waals surface area contributed by atoms with Crippen molar-refractivity contribution in [2.45, 2.75) is 20.0 Å². The van der Waals surface area contributed by atoms with Gasteiger partial charge in [-0.1, -0.05) is 48.5 Å². The number of aromatic nitrogens is 1. The number of fused-ring (bicyclic) bond motifs is 1. The zero-order chi connectivity index (χ0) is 25.8. The van der Waals surface area contributed by atoms with Gasteiger partial charge in [0, 0.05) is 29.2 Å². The number of anilines is 1. The largest absolute Gasteiger partial charge is 0.494 e. The fourth-order valence-corrected chi connectivity index (χ4v) is 4.61. The van der Waals surface area contributed by atoms with E-state index in [1.54, 1.807) is 18.2 Å². The van der Waals surface area contributed by atoms with Gasteiger partial charge in [-0.25, -0.2) is 0 Å². The quantitative estimate of drug-likeness (QED) is 0.267. The third-order valence-electron chi connectivity index (χ3n) is 6.05. The van der Waals surface area contributed by atoms with Crippen LogP contribution in [0.15, 0.2) is 90.8 Å². The molecule has 1 aliphatic heterocycles. The number of thiocarbonyl (C=S) groups is 1. The molecule has 2 heterocycles. The van der Waals surface area contributed by atoms with Crippen molar-refractivity contribution >= 4 is 51.8 Å². The van der Waals surface area contributed by atoms with E-state index in [-0.39, 0.29) is 18.4 Å². The van der Waals surface area contributed by atoms with Crippen molar-refractivity contribution in [3.8, 4) is 5.75 Å². The minimum absolute atomic E-state index is 0.0956. The van der Waals surface area contributed by atoms with E-state index in [4.69, 9.17) is 17.0 Å². The summed E-state index contributed by atoms with van der Waals surface area (Å²) in [7, 11) is 0. The second kappa shape index (κ2) is 10.7. The standard InChI is InChI=1S/C29H26N4O3S/c1-2-36-23-14-12-22(13-15-23)33-28(35)25(31-29(33)37)16-21-18-32(26-11-7-6-10-24(21)26)19-27(34)30-17-20-8-4-3-5-9-20/h3-16,18H,2,17,19H2,1H3,(H,30,34)(H,31,37)/b25-16-. The zero-order valence-electron chi connectivity index (χ0n) is 20.3. The van der Waals surface area contributed by atoms with E-state index < -0.39 is 0 Å². The summed E-state index contributed by atoms with van der Waals surface area (Å²) in [6, 6.07) is 24.8. The Morgan fingerprint density at radius 2 is 1.76 bits per heavy atom. The second-order valence-corrected chi connectivity index (χ2v) is 8.93. The fourth-order valence-electron chi connectivity index (χ4n) is 4.31. The van der Waals surface area contributed by atoms with Crippen LogP contribution >= 0.6 is 12.2 Å². The van der Waals surface area contributed by atoms with Crippen LogP contribution in [0.25, 0.3) is 17.0 Å². The molecule has 0 aliphatic carbocycles. The maximum atomic E-state index is 13.3. The van der Waals surface area contributed by atoms with Gasteiger partial charge in [-0.2, -0.15) is 0 Å². The van der Waals surface area contributed by atoms with E-state index in [1.807, 2.05) is 84.4 Å². The summed E-state index contributed by atoms with van der Waals surface area (Å²) < 4.78 is 7.38. The minimum Gasteiger partial charge on any atom is -0.494 e. The SMILES string of the molecule is CCOc1ccc(N2C(=O)/C(=C/c3cn(CC(=O)NCc4ccccc4)c4ccccc34)NC2=S)cc1. The second-order valence-electron chi connectivity index (χ2n) is 8.55. The van der Waals surface area contributed by atoms with Gasteiger partial charge in [-0.05, 0) is 61.1 Å². The van der Waals surface area contributed by atoms with E-state index in [2.05, 4.69) is 10.6 Å². The number of nitrogens with one attached hydrogen (secondary N) is 2. The lowest BCUT2D eigenvalue weighted by molar-refractivity contribution is -0.121. The smallest absolute Gasteiger partial charge is 0.281 e. The first kappa shape index (κ1) is 24.3. The Morgan fingerprint density at radius 3 is 2.51 bits per heavy atom. The van der Waals surface area contributed by atoms with Crippen LogP contribution < -0.4 is 20.3 Å². The third kappa shape index (κ3) is 5.24. The predicted molar refractivity (Wildman–Crippen MR) is 149 cm³/mol. The Hall–Kier alpha value is -4.43. The molecule has 8 heteroatoms. The van der Waals surface area contributed by atoms with E-state index in [0.29, 0.717) is 29.6 Å². The molecule has 1 aromatic heterocycles. The molecular formula is C29H26N4O3S. The molecule has 1 aliphatic rings. The first-order valence-electron chi connectivity index (χ1n) is 12.0. The van der Waals surface area contributed by atoms with Crippen LogP contribution in [0.4, 0.5) is 5.69 Å². The number of rotatable bonds is 8. The van der Waals surface area contributed by atoms with Gasteiger partial charge in [0.25, 0.3) is 5.91 Å². The molecule has 2 amide bonds. The maximum absolute atomic E-state index is 13.3. The molecule has 0 spiro atoms. The van der Waals surface area contributed by atoms with Gasteiger partial charge in [0.05, 0.1) is 12.3 Å². The molecule has 1 saturated heterocycles. The lowest BCUT2D eigenvalue weighted by Crippen LogP contribution is -2.30. The number of benzene rings is 3. The van der Waals surface area contributed by atoms with E-state index in [1.165, 1.54) is 4.90 Å². The molecule has 0 bridgehead atoms. The minimum atomic E-state index is -0.244. The van der Waals surface area contributed by atoms with Gasteiger partial charge >= 0.3 is 0 Å². The Balaban J connectivity index is 1.37. The monoisotopic (exact) mass is 510 g/mol. The fraction of sp³-hybridized carbons (Fsp3) is 0.138. The molecule has 0 unspecified atom stereocenters. The summed E-state index contributed by atoms with van der Waals surface area (Å²) in [5.41, 5.74) is 3.79. The zero-order valence-corrected chi connectivity index (χ0v) is 21.1. The van der Waals surface area contributed by atoms with Gasteiger partial charge in [0.2, 0.25) is 5.91 Å². The van der Waals surface area contributed by atoms with Crippen molar-refractivity contribution in [2.75, 3.05) is 11.5 Å². The molecule has 5 rings (SSSR count). The number of hydrogen-bond acceptors (Lipinski definition) is 4. The number of carbonyl (C=O) groups excluding carboxylic acids is 2. The summed E-state index contributed by atoms with van der Waals surface area (Å²) in [6.45, 7) is 3.11. The Kier molecular flexibility index (Phi) is 7.00. The van der Waals surface area contributed by atoms with Gasteiger partial charge in [-0.3, -0.25) is 14.5 Å². The van der Waals surface area contributed by atoms with Crippen LogP contribution in [-0.2, 0) is 22.7 Å². The van der Waals surface area contributed by atoms with E-state index in [0.717, 1.165) is 27.8 Å². The van der Waals surface area contributed by atoms with E-state index in [9.17, 15) is 9.59 Å². The Labute approximate surface area is 220 Å². The van der Waals surface area contributed by atoms with Crippen LogP contribution in [0.1, 0.15) is 18.1 Å². The summed E-state index contributed by atoms with van der Waals surface area (Å²) in [4.78, 5) is 27.4. The predicted octanol–water partition coefficient (Wildman–Crippen LogP) is 4.62. The Morgan fingerprint density at radius 1 is 1.03 bits per heavy atom. The van der Waals surface area contributed by atoms with Gasteiger partial charge < -0.3 is 19.9 Å². The van der Waals surface area contributed by atoms with Crippen molar-refractivity contribution in [1.29, 1.82) is 0 Å². The number of nitrogens with zero attached hydrogens (tertiary/aromatic N) is 2. The van der Waals surface area contributed by atoms with Crippen molar-refractivity contribution in [3.63, 3.8) is 0 Å². The van der Waals surface area contributed by atoms with Crippen molar-refractivity contribution in [3.05, 3.63) is 102 Å². The van der Waals surface area contributed by atoms with Crippen molar-refractivity contribution in [1.82, 2.24) is 15.2 Å². The average molecular weight is 511 g/mol. The number of ether oxygens (including phenoxy) is 1. The third-order valence-corrected chi connectivity index (χ3v) is 6.33. The summed E-state index contributed by atoms with van der Waals surface area (Å²) in [6.07, 6.45) is 3.67. The van der Waals surface area contributed by atoms with Crippen molar-refractivity contribution < 1.29 is 14.3 Å². The molecule has 2 N–H and O–H groups in total. The molecular weight excluding hydrogens is 484 g/mol. The molecule has 1 fully saturated rings. The summed E-state index contributed by atoms with van der Waals surface area (Å²) in [5, 5.41) is 7.26. The average Bonchev–Trinajstić information content (AvgIpc) is 3.40. The van der Waals surface area contributed by atoms with Crippen LogP contribution in [0.2, 0.25) is 0 Å². The normalized spacial score (nSPS) is 14.3. The lowest BCUT2D eigenvalue weighted by atomic mass is 10.1. The number of para-hydroxylation sites is 1. The first-order valence-corrected chi connectivity index (χ1v) is 12.4. The highest BCUT2D eigenvalue weighted by molar-refractivity contribution is 7.80. The van der Waals surface area contributed by atoms with Crippen LogP contribution in [0.5, 0.6) is 5.75 Å². The molecule has 3 aromatic carbocycles. The molecule has 0 radical (unpaired) electrons. The van der Waals surface area contributed by atoms with E-state index >= 15 is 0 Å². The molecule has 0 atom stereocenters. The van der Waals surface area contributed by atoms with Crippen LogP contribution in [-0.4, -0.2) is 28.1 Å². The van der Waals surface area contributed by atoms with Crippen molar-refractivity contribution in [2.24, 2.45) is 0 Å². The highest BCUT2D eigenvalue weighted by Gasteiger charge is 2.32. The van der Waals surface area contributed by atoms with Crippen LogP contribution in [0.3, 0.4) is 0 Å². The van der Waals surface area contributed by atoms with Gasteiger partial charge in [0.15, 0.2) is 5.11 Å². The first-order chi connectivity index (χ1) is 18.0. The molecule has 4 aromatic rings. The highest BCUT2D eigenvalue weighted by Crippen LogP contribution is 2.28. The highest BCUT2D eigenvalue weighted by atomic mass is 32.1. The molecule has 186 valence electrons. The molecule has 0 saturated carbocycles. The molecule has 37 heavy (non-hydrogen) atoms. The number of carbonyl (C=O) groups is 2. The van der Waals surface area contributed by atoms with Gasteiger partial charge in [0.1, 0.15) is 18.0 Å². The maximum Gasteiger partial charge on any atom is 0.281 e. The van der Waals surface area contributed by atoms with Gasteiger partial charge in [-0.15, -0.1) is 0 Å². The Bertz CT molecular complexity index is 1490. The van der Waals surface area contributed by atoms with Crippen LogP contribution in [0, 0.1) is 0 Å². The topological polar surface area (TPSA) is 75.6 Å². The number of hydrogen-bond donors (Lipinski definition) is 2. The lowest BCUT2D eigenvalue weighted by Gasteiger charge is -2.14. The summed E-state index contributed by atoms with van der Waals surface area (Å²) in [5.74, 6) is 0.390.